The van der Waals surface area contributed by atoms with Crippen molar-refractivity contribution in [3.8, 4) is 0 Å². The average Bonchev–Trinajstić information content (AvgIpc) is 2.56. The number of cyclic esters (lactones) is 1. The van der Waals surface area contributed by atoms with Gasteiger partial charge in [-0.2, -0.15) is 26.3 Å². The van der Waals surface area contributed by atoms with Crippen LogP contribution >= 0.6 is 15.9 Å². The minimum absolute atomic E-state index is 0.302. The van der Waals surface area contributed by atoms with Gasteiger partial charge < -0.3 is 4.74 Å². The summed E-state index contributed by atoms with van der Waals surface area (Å²) < 4.78 is 78.6. The molecular formula is C8H6BrF6NO3. The fraction of sp³-hybridized carbons (Fsp3) is 0.750. The van der Waals surface area contributed by atoms with Crippen molar-refractivity contribution in [2.45, 2.75) is 30.5 Å². The topological polar surface area (TPSA) is 55.4 Å². The number of alkyl halides is 7. The van der Waals surface area contributed by atoms with Crippen molar-refractivity contribution in [1.82, 2.24) is 5.32 Å². The molecule has 0 aromatic rings. The lowest BCUT2D eigenvalue weighted by molar-refractivity contribution is -0.369. The zero-order chi connectivity index (χ0) is 15.1. The molecule has 0 spiro atoms. The van der Waals surface area contributed by atoms with Gasteiger partial charge in [-0.05, 0) is 0 Å². The van der Waals surface area contributed by atoms with E-state index in [0.29, 0.717) is 0 Å². The second kappa shape index (κ2) is 4.93. The minimum atomic E-state index is -5.90. The third-order valence-electron chi connectivity index (χ3n) is 2.29. The molecule has 0 aromatic heterocycles. The fourth-order valence-corrected chi connectivity index (χ4v) is 1.64. The molecule has 0 radical (unpaired) electrons. The molecule has 0 aromatic carbocycles. The van der Waals surface area contributed by atoms with Crippen molar-refractivity contribution in [3.05, 3.63) is 0 Å². The summed E-state index contributed by atoms with van der Waals surface area (Å²) in [5.41, 5.74) is -4.77. The first-order valence-electron chi connectivity index (χ1n) is 4.66. The van der Waals surface area contributed by atoms with Crippen LogP contribution in [0.25, 0.3) is 0 Å². The first kappa shape index (κ1) is 16.2. The Kier molecular flexibility index (Phi) is 4.20. The largest absolute Gasteiger partial charge is 0.452 e. The van der Waals surface area contributed by atoms with Gasteiger partial charge >= 0.3 is 24.0 Å². The summed E-state index contributed by atoms with van der Waals surface area (Å²) in [5, 5.41) is 0.734. The van der Waals surface area contributed by atoms with Crippen molar-refractivity contribution < 1.29 is 40.7 Å². The van der Waals surface area contributed by atoms with E-state index in [1.165, 1.54) is 0 Å². The quantitative estimate of drug-likeness (QED) is 0.474. The lowest BCUT2D eigenvalue weighted by Gasteiger charge is -2.31. The summed E-state index contributed by atoms with van der Waals surface area (Å²) in [7, 11) is 0. The zero-order valence-electron chi connectivity index (χ0n) is 8.86. The number of ether oxygens (including phenoxy) is 1. The Morgan fingerprint density at radius 3 is 2.05 bits per heavy atom. The summed E-state index contributed by atoms with van der Waals surface area (Å²) in [5.74, 6) is -2.52. The number of halogens is 7. The molecule has 110 valence electrons. The van der Waals surface area contributed by atoms with Crippen LogP contribution in [-0.2, 0) is 14.3 Å². The highest BCUT2D eigenvalue weighted by Gasteiger charge is 2.78. The Bertz CT molecular complexity index is 379. The van der Waals surface area contributed by atoms with Crippen molar-refractivity contribution in [2.75, 3.05) is 5.33 Å². The van der Waals surface area contributed by atoms with Gasteiger partial charge in [-0.15, -0.1) is 0 Å². The fourth-order valence-electron chi connectivity index (χ4n) is 1.41. The molecule has 0 aliphatic carbocycles. The predicted octanol–water partition coefficient (Wildman–Crippen LogP) is 1.68. The first-order valence-corrected chi connectivity index (χ1v) is 5.78. The molecule has 1 heterocycles. The van der Waals surface area contributed by atoms with E-state index in [4.69, 9.17) is 0 Å². The van der Waals surface area contributed by atoms with Crippen molar-refractivity contribution in [2.24, 2.45) is 0 Å². The number of nitrogens with one attached hydrogen (secondary N) is 1. The molecule has 11 heteroatoms. The van der Waals surface area contributed by atoms with Gasteiger partial charge in [0.1, 0.15) is 11.8 Å². The van der Waals surface area contributed by atoms with Gasteiger partial charge in [-0.25, -0.2) is 0 Å². The molecule has 1 rings (SSSR count). The van der Waals surface area contributed by atoms with Crippen LogP contribution in [-0.4, -0.2) is 41.2 Å². The van der Waals surface area contributed by atoms with Gasteiger partial charge in [0, 0.05) is 6.42 Å². The Hall–Kier alpha value is -0.840. The van der Waals surface area contributed by atoms with Crippen molar-refractivity contribution in [1.29, 1.82) is 0 Å². The van der Waals surface area contributed by atoms with Crippen LogP contribution in [0.5, 0.6) is 0 Å². The second-order valence-corrected chi connectivity index (χ2v) is 4.23. The summed E-state index contributed by atoms with van der Waals surface area (Å²) >= 11 is 2.68. The highest BCUT2D eigenvalue weighted by molar-refractivity contribution is 9.09. The first-order chi connectivity index (χ1) is 8.44. The van der Waals surface area contributed by atoms with Crippen LogP contribution in [0.2, 0.25) is 0 Å². The monoisotopic (exact) mass is 357 g/mol. The number of carbonyl (C=O) groups is 2. The maximum absolute atomic E-state index is 12.5. The Labute approximate surface area is 110 Å². The molecule has 19 heavy (non-hydrogen) atoms. The predicted molar refractivity (Wildman–Crippen MR) is 51.3 cm³/mol. The van der Waals surface area contributed by atoms with Crippen LogP contribution in [0, 0.1) is 0 Å². The third kappa shape index (κ3) is 2.86. The number of hydrogen-bond acceptors (Lipinski definition) is 4. The van der Waals surface area contributed by atoms with Crippen LogP contribution in [0.3, 0.4) is 0 Å². The number of rotatable bonds is 3. The molecule has 0 saturated carbocycles. The zero-order valence-corrected chi connectivity index (χ0v) is 10.4. The Morgan fingerprint density at radius 1 is 1.26 bits per heavy atom. The van der Waals surface area contributed by atoms with E-state index >= 15 is 0 Å². The van der Waals surface area contributed by atoms with Crippen molar-refractivity contribution in [3.63, 3.8) is 0 Å². The Morgan fingerprint density at radius 2 is 1.74 bits per heavy atom. The summed E-state index contributed by atoms with van der Waals surface area (Å²) in [6.45, 7) is 0. The summed E-state index contributed by atoms with van der Waals surface area (Å²) in [6.07, 6.45) is -12.6. The second-order valence-electron chi connectivity index (χ2n) is 3.67. The SMILES string of the molecule is O=C(CBr)C[C@@H]1NC(C(F)(F)F)(C(F)(F)F)OC1=O. The number of hydrogen-bond donors (Lipinski definition) is 1. The van der Waals surface area contributed by atoms with Crippen LogP contribution in [0.4, 0.5) is 26.3 Å². The van der Waals surface area contributed by atoms with Gasteiger partial charge in [0.25, 0.3) is 0 Å². The van der Waals surface area contributed by atoms with Gasteiger partial charge in [-0.3, -0.25) is 14.9 Å². The number of Topliss-reactive ketones (excluding diaryl/α,β-unsaturated/α-hetero) is 1. The molecular weight excluding hydrogens is 352 g/mol. The van der Waals surface area contributed by atoms with E-state index in [1.54, 1.807) is 0 Å². The van der Waals surface area contributed by atoms with E-state index in [9.17, 15) is 35.9 Å². The number of esters is 1. The molecule has 1 aliphatic heterocycles. The number of ketones is 1. The molecule has 1 saturated heterocycles. The normalized spacial score (nSPS) is 23.3. The number of carbonyl (C=O) groups excluding carboxylic acids is 2. The molecule has 0 unspecified atom stereocenters. The van der Waals surface area contributed by atoms with Crippen LogP contribution in [0.15, 0.2) is 0 Å². The van der Waals surface area contributed by atoms with Crippen LogP contribution < -0.4 is 5.32 Å². The van der Waals surface area contributed by atoms with E-state index < -0.39 is 42.3 Å². The molecule has 4 nitrogen and oxygen atoms in total. The minimum Gasteiger partial charge on any atom is -0.424 e. The molecule has 1 aliphatic rings. The van der Waals surface area contributed by atoms with Gasteiger partial charge in [-0.1, -0.05) is 15.9 Å². The van der Waals surface area contributed by atoms with E-state index in [0.717, 1.165) is 5.32 Å². The molecule has 1 atom stereocenters. The Balaban J connectivity index is 3.07. The maximum atomic E-state index is 12.5. The van der Waals surface area contributed by atoms with Gasteiger partial charge in [0.2, 0.25) is 0 Å². The van der Waals surface area contributed by atoms with E-state index in [-0.39, 0.29) is 5.33 Å². The summed E-state index contributed by atoms with van der Waals surface area (Å²) in [4.78, 5) is 22.0. The lowest BCUT2D eigenvalue weighted by Crippen LogP contribution is -2.65. The molecule has 0 bridgehead atoms. The highest BCUT2D eigenvalue weighted by Crippen LogP contribution is 2.46. The average molecular weight is 358 g/mol. The highest BCUT2D eigenvalue weighted by atomic mass is 79.9. The van der Waals surface area contributed by atoms with Crippen molar-refractivity contribution >= 4 is 27.7 Å². The van der Waals surface area contributed by atoms with Gasteiger partial charge in [0.15, 0.2) is 0 Å². The molecule has 1 N–H and O–H groups in total. The third-order valence-corrected chi connectivity index (χ3v) is 2.92. The lowest BCUT2D eigenvalue weighted by atomic mass is 10.1. The van der Waals surface area contributed by atoms with Gasteiger partial charge in [0.05, 0.1) is 5.33 Å². The maximum Gasteiger partial charge on any atom is 0.452 e. The van der Waals surface area contributed by atoms with E-state index in [2.05, 4.69) is 20.7 Å². The summed E-state index contributed by atoms with van der Waals surface area (Å²) in [6, 6.07) is -1.99. The van der Waals surface area contributed by atoms with E-state index in [1.807, 2.05) is 0 Å². The smallest absolute Gasteiger partial charge is 0.424 e. The standard InChI is InChI=1S/C8H6BrF6NO3/c9-2-3(17)1-4-5(18)19-6(16-4,7(10,11)12)8(13,14)15/h4,16H,1-2H2/t4-/m0/s1. The molecule has 0 amide bonds. The van der Waals surface area contributed by atoms with Crippen LogP contribution in [0.1, 0.15) is 6.42 Å². The molecule has 1 fully saturated rings.